The lowest BCUT2D eigenvalue weighted by molar-refractivity contribution is -0.124. The minimum atomic E-state index is -0.441. The van der Waals surface area contributed by atoms with Gasteiger partial charge in [-0.2, -0.15) is 0 Å². The van der Waals surface area contributed by atoms with E-state index >= 15 is 0 Å². The quantitative estimate of drug-likeness (QED) is 0.889. The molecule has 136 valence electrons. The van der Waals surface area contributed by atoms with E-state index in [9.17, 15) is 9.59 Å². The molecule has 1 N–H and O–H groups in total. The Morgan fingerprint density at radius 2 is 1.89 bits per heavy atom. The molecule has 0 unspecified atom stereocenters. The minimum Gasteiger partial charge on any atom is -0.351 e. The number of amidine groups is 2. The Balaban J connectivity index is 1.47. The standard InChI is InChI=1S/C20H18N4O2S/c1-13-19(26)24-18(22-13)15-9-5-6-10-16(15)23-20(24)27-12-17(25)21-11-14-7-3-2-4-8-14/h2-10,13H,11-12H2,1H3,(H,21,25)/t13-/m0/s1. The van der Waals surface area contributed by atoms with Crippen LogP contribution in [0.5, 0.6) is 0 Å². The number of amides is 2. The van der Waals surface area contributed by atoms with E-state index < -0.39 is 6.04 Å². The average Bonchev–Trinajstić information content (AvgIpc) is 3.00. The number of rotatable bonds is 4. The van der Waals surface area contributed by atoms with E-state index in [-0.39, 0.29) is 17.6 Å². The highest BCUT2D eigenvalue weighted by molar-refractivity contribution is 8.14. The monoisotopic (exact) mass is 378 g/mol. The molecule has 0 bridgehead atoms. The van der Waals surface area contributed by atoms with Gasteiger partial charge in [0.25, 0.3) is 5.91 Å². The van der Waals surface area contributed by atoms with Gasteiger partial charge in [0.2, 0.25) is 5.91 Å². The first-order valence-corrected chi connectivity index (χ1v) is 9.65. The summed E-state index contributed by atoms with van der Waals surface area (Å²) in [6.07, 6.45) is 0. The summed E-state index contributed by atoms with van der Waals surface area (Å²) in [5.74, 6) is 0.573. The number of hydrogen-bond acceptors (Lipinski definition) is 5. The van der Waals surface area contributed by atoms with Crippen LogP contribution in [0.3, 0.4) is 0 Å². The van der Waals surface area contributed by atoms with Gasteiger partial charge in [-0.15, -0.1) is 0 Å². The summed E-state index contributed by atoms with van der Waals surface area (Å²) in [6.45, 7) is 2.24. The van der Waals surface area contributed by atoms with Crippen LogP contribution in [-0.4, -0.2) is 39.5 Å². The number of para-hydroxylation sites is 1. The van der Waals surface area contributed by atoms with E-state index in [0.717, 1.165) is 16.8 Å². The number of hydrogen-bond donors (Lipinski definition) is 1. The molecule has 6 nitrogen and oxygen atoms in total. The molecule has 0 saturated carbocycles. The van der Waals surface area contributed by atoms with Crippen molar-refractivity contribution in [1.82, 2.24) is 10.2 Å². The molecular formula is C20H18N4O2S. The van der Waals surface area contributed by atoms with E-state index in [0.29, 0.717) is 17.5 Å². The van der Waals surface area contributed by atoms with Crippen LogP contribution in [0.2, 0.25) is 0 Å². The molecule has 4 rings (SSSR count). The van der Waals surface area contributed by atoms with Gasteiger partial charge in [-0.25, -0.2) is 9.89 Å². The molecule has 0 fully saturated rings. The zero-order valence-electron chi connectivity index (χ0n) is 14.8. The highest BCUT2D eigenvalue weighted by Crippen LogP contribution is 2.33. The lowest BCUT2D eigenvalue weighted by atomic mass is 10.1. The van der Waals surface area contributed by atoms with Crippen molar-refractivity contribution < 1.29 is 9.59 Å². The van der Waals surface area contributed by atoms with Crippen molar-refractivity contribution in [3.63, 3.8) is 0 Å². The van der Waals surface area contributed by atoms with Gasteiger partial charge >= 0.3 is 0 Å². The number of carbonyl (C=O) groups excluding carboxylic acids is 2. The lowest BCUT2D eigenvalue weighted by Crippen LogP contribution is -2.41. The molecule has 2 aromatic rings. The third kappa shape index (κ3) is 3.50. The largest absolute Gasteiger partial charge is 0.351 e. The topological polar surface area (TPSA) is 74.1 Å². The summed E-state index contributed by atoms with van der Waals surface area (Å²) >= 11 is 1.25. The van der Waals surface area contributed by atoms with Gasteiger partial charge in [0.05, 0.1) is 11.4 Å². The molecule has 2 aliphatic rings. The first-order chi connectivity index (χ1) is 13.1. The van der Waals surface area contributed by atoms with E-state index in [1.54, 1.807) is 6.92 Å². The van der Waals surface area contributed by atoms with Gasteiger partial charge in [-0.3, -0.25) is 14.6 Å². The molecule has 7 heteroatoms. The fourth-order valence-corrected chi connectivity index (χ4v) is 3.78. The first kappa shape index (κ1) is 17.5. The van der Waals surface area contributed by atoms with E-state index in [1.165, 1.54) is 16.7 Å². The summed E-state index contributed by atoms with van der Waals surface area (Å²) in [5, 5.41) is 3.39. The van der Waals surface area contributed by atoms with Crippen LogP contribution in [-0.2, 0) is 16.1 Å². The predicted octanol–water partition coefficient (Wildman–Crippen LogP) is 2.71. The molecule has 2 aliphatic heterocycles. The smallest absolute Gasteiger partial charge is 0.258 e. The first-order valence-electron chi connectivity index (χ1n) is 8.67. The Morgan fingerprint density at radius 3 is 2.70 bits per heavy atom. The third-order valence-electron chi connectivity index (χ3n) is 4.32. The van der Waals surface area contributed by atoms with Crippen molar-refractivity contribution in [3.8, 4) is 0 Å². The maximum atomic E-state index is 12.5. The van der Waals surface area contributed by atoms with Crippen LogP contribution < -0.4 is 5.32 Å². The fourth-order valence-electron chi connectivity index (χ4n) is 2.95. The van der Waals surface area contributed by atoms with Crippen molar-refractivity contribution in [3.05, 3.63) is 65.7 Å². The van der Waals surface area contributed by atoms with Gasteiger partial charge in [0.15, 0.2) is 5.17 Å². The normalized spacial score (nSPS) is 17.7. The van der Waals surface area contributed by atoms with Crippen LogP contribution in [0.25, 0.3) is 0 Å². The molecule has 2 amide bonds. The van der Waals surface area contributed by atoms with Gasteiger partial charge < -0.3 is 5.32 Å². The number of thioether (sulfide) groups is 1. The van der Waals surface area contributed by atoms with E-state index in [1.807, 2.05) is 54.6 Å². The number of nitrogens with one attached hydrogen (secondary N) is 1. The Labute approximate surface area is 161 Å². The zero-order valence-corrected chi connectivity index (χ0v) is 15.6. The molecule has 0 aromatic heterocycles. The Kier molecular flexibility index (Phi) is 4.77. The van der Waals surface area contributed by atoms with Crippen molar-refractivity contribution in [2.75, 3.05) is 5.75 Å². The van der Waals surface area contributed by atoms with Crippen molar-refractivity contribution >= 4 is 40.3 Å². The van der Waals surface area contributed by atoms with Crippen molar-refractivity contribution in [2.45, 2.75) is 19.5 Å². The molecule has 0 saturated heterocycles. The second-order valence-corrected chi connectivity index (χ2v) is 7.21. The van der Waals surface area contributed by atoms with Crippen LogP contribution >= 0.6 is 11.8 Å². The summed E-state index contributed by atoms with van der Waals surface area (Å²) in [7, 11) is 0. The summed E-state index contributed by atoms with van der Waals surface area (Å²) in [4.78, 5) is 35.4. The number of carbonyl (C=O) groups is 2. The van der Waals surface area contributed by atoms with Gasteiger partial charge in [0.1, 0.15) is 11.9 Å². The summed E-state index contributed by atoms with van der Waals surface area (Å²) in [6, 6.07) is 16.9. The summed E-state index contributed by atoms with van der Waals surface area (Å²) < 4.78 is 0. The second kappa shape index (κ2) is 7.36. The Bertz CT molecular complexity index is 955. The van der Waals surface area contributed by atoms with E-state index in [2.05, 4.69) is 15.3 Å². The lowest BCUT2D eigenvalue weighted by Gasteiger charge is -2.25. The Hall–Kier alpha value is -2.93. The molecule has 1 atom stereocenters. The highest BCUT2D eigenvalue weighted by atomic mass is 32.2. The van der Waals surface area contributed by atoms with Crippen molar-refractivity contribution in [1.29, 1.82) is 0 Å². The molecule has 2 aromatic carbocycles. The third-order valence-corrected chi connectivity index (χ3v) is 5.26. The number of aliphatic imine (C=N–C) groups is 2. The summed E-state index contributed by atoms with van der Waals surface area (Å²) in [5.41, 5.74) is 2.65. The molecular weight excluding hydrogens is 360 g/mol. The number of nitrogens with zero attached hydrogens (tertiary/aromatic N) is 3. The molecule has 0 aliphatic carbocycles. The highest BCUT2D eigenvalue weighted by Gasteiger charge is 2.39. The van der Waals surface area contributed by atoms with E-state index in [4.69, 9.17) is 0 Å². The van der Waals surface area contributed by atoms with Gasteiger partial charge in [-0.1, -0.05) is 54.2 Å². The van der Waals surface area contributed by atoms with Gasteiger partial charge in [0, 0.05) is 12.1 Å². The maximum Gasteiger partial charge on any atom is 0.258 e. The van der Waals surface area contributed by atoms with Crippen LogP contribution in [0.4, 0.5) is 5.69 Å². The molecule has 27 heavy (non-hydrogen) atoms. The van der Waals surface area contributed by atoms with Crippen LogP contribution in [0, 0.1) is 0 Å². The molecule has 2 heterocycles. The number of benzene rings is 2. The van der Waals surface area contributed by atoms with Crippen LogP contribution in [0.1, 0.15) is 18.1 Å². The fraction of sp³-hybridized carbons (Fsp3) is 0.200. The maximum absolute atomic E-state index is 12.5. The Morgan fingerprint density at radius 1 is 1.15 bits per heavy atom. The molecule has 0 radical (unpaired) electrons. The average molecular weight is 378 g/mol. The van der Waals surface area contributed by atoms with Crippen LogP contribution in [0.15, 0.2) is 64.6 Å². The van der Waals surface area contributed by atoms with Crippen molar-refractivity contribution in [2.24, 2.45) is 9.98 Å². The predicted molar refractivity (Wildman–Crippen MR) is 107 cm³/mol. The SMILES string of the molecule is C[C@@H]1N=C2c3ccccc3N=C(SCC(=O)NCc3ccccc3)N2C1=O. The molecule has 0 spiro atoms. The zero-order chi connectivity index (χ0) is 18.8. The minimum absolute atomic E-state index is 0.108. The second-order valence-electron chi connectivity index (χ2n) is 6.26. The van der Waals surface area contributed by atoms with Gasteiger partial charge in [-0.05, 0) is 24.6 Å². The number of fused-ring (bicyclic) bond motifs is 3.